The number of carboxylic acids is 1. The van der Waals surface area contributed by atoms with Crippen molar-refractivity contribution in [2.75, 3.05) is 0 Å². The molecule has 0 spiro atoms. The highest BCUT2D eigenvalue weighted by atomic mass is 19.4. The molecule has 0 amide bonds. The Morgan fingerprint density at radius 3 is 2.15 bits per heavy atom. The van der Waals surface area contributed by atoms with E-state index in [1.165, 1.54) is 26.0 Å². The van der Waals surface area contributed by atoms with Gasteiger partial charge in [-0.1, -0.05) is 12.1 Å². The Morgan fingerprint density at radius 1 is 1.25 bits per heavy atom. The zero-order valence-electron chi connectivity index (χ0n) is 10.9. The van der Waals surface area contributed by atoms with E-state index < -0.39 is 29.6 Å². The van der Waals surface area contributed by atoms with Crippen LogP contribution in [0.25, 0.3) is 0 Å². The molecule has 1 unspecified atom stereocenters. The van der Waals surface area contributed by atoms with E-state index in [0.29, 0.717) is 5.56 Å². The second-order valence-corrected chi connectivity index (χ2v) is 5.03. The minimum Gasteiger partial charge on any atom is -0.481 e. The first-order valence-electron chi connectivity index (χ1n) is 5.78. The monoisotopic (exact) mass is 292 g/mol. The number of benzene rings is 1. The van der Waals surface area contributed by atoms with Crippen LogP contribution in [0.4, 0.5) is 13.2 Å². The normalized spacial score (nSPS) is 13.9. The standard InChI is InChI=1S/C13H15F3O4/c1-12(2,11(18)19)7-10(17)8-3-5-9(6-4-8)20-13(14,15)16/h3-6,10,17H,7H2,1-2H3,(H,18,19). The van der Waals surface area contributed by atoms with Crippen molar-refractivity contribution in [3.63, 3.8) is 0 Å². The van der Waals surface area contributed by atoms with Gasteiger partial charge < -0.3 is 14.9 Å². The molecule has 0 saturated heterocycles. The minimum atomic E-state index is -4.77. The van der Waals surface area contributed by atoms with Gasteiger partial charge in [-0.05, 0) is 38.0 Å². The molecule has 0 heterocycles. The van der Waals surface area contributed by atoms with Crippen LogP contribution >= 0.6 is 0 Å². The van der Waals surface area contributed by atoms with Gasteiger partial charge in [0.05, 0.1) is 11.5 Å². The summed E-state index contributed by atoms with van der Waals surface area (Å²) in [5.74, 6) is -1.46. The van der Waals surface area contributed by atoms with E-state index in [9.17, 15) is 23.1 Å². The molecule has 0 bridgehead atoms. The van der Waals surface area contributed by atoms with E-state index in [1.54, 1.807) is 0 Å². The molecule has 20 heavy (non-hydrogen) atoms. The Labute approximate surface area is 113 Å². The number of halogens is 3. The number of alkyl halides is 3. The van der Waals surface area contributed by atoms with Gasteiger partial charge in [0, 0.05) is 0 Å². The summed E-state index contributed by atoms with van der Waals surface area (Å²) in [4.78, 5) is 10.9. The van der Waals surface area contributed by atoms with Crippen LogP contribution in [0.1, 0.15) is 31.9 Å². The number of rotatable bonds is 5. The van der Waals surface area contributed by atoms with E-state index in [1.807, 2.05) is 0 Å². The van der Waals surface area contributed by atoms with E-state index in [-0.39, 0.29) is 6.42 Å². The summed E-state index contributed by atoms with van der Waals surface area (Å²) in [5.41, 5.74) is -0.811. The molecule has 0 aliphatic carbocycles. The average Bonchev–Trinajstić information content (AvgIpc) is 2.26. The van der Waals surface area contributed by atoms with Crippen molar-refractivity contribution in [3.8, 4) is 5.75 Å². The predicted molar refractivity (Wildman–Crippen MR) is 64.1 cm³/mol. The first-order valence-corrected chi connectivity index (χ1v) is 5.78. The van der Waals surface area contributed by atoms with Gasteiger partial charge in [0.25, 0.3) is 0 Å². The Balaban J connectivity index is 2.76. The third-order valence-electron chi connectivity index (χ3n) is 2.78. The molecule has 1 atom stereocenters. The Hall–Kier alpha value is -1.76. The van der Waals surface area contributed by atoms with Gasteiger partial charge in [-0.3, -0.25) is 4.79 Å². The molecule has 7 heteroatoms. The van der Waals surface area contributed by atoms with Crippen LogP contribution < -0.4 is 4.74 Å². The van der Waals surface area contributed by atoms with Crippen molar-refractivity contribution >= 4 is 5.97 Å². The van der Waals surface area contributed by atoms with Crippen LogP contribution in [-0.4, -0.2) is 22.5 Å². The highest BCUT2D eigenvalue weighted by Gasteiger charge is 2.32. The summed E-state index contributed by atoms with van der Waals surface area (Å²) in [6, 6.07) is 4.67. The zero-order valence-corrected chi connectivity index (χ0v) is 10.9. The molecule has 1 rings (SSSR count). The van der Waals surface area contributed by atoms with Gasteiger partial charge in [0.15, 0.2) is 0 Å². The van der Waals surface area contributed by atoms with Gasteiger partial charge in [0.2, 0.25) is 0 Å². The van der Waals surface area contributed by atoms with E-state index in [2.05, 4.69) is 4.74 Å². The molecule has 1 aromatic carbocycles. The fourth-order valence-corrected chi connectivity index (χ4v) is 1.58. The van der Waals surface area contributed by atoms with Crippen LogP contribution in [0.2, 0.25) is 0 Å². The zero-order chi connectivity index (χ0) is 15.6. The number of carbonyl (C=O) groups is 1. The topological polar surface area (TPSA) is 66.8 Å². The average molecular weight is 292 g/mol. The number of hydrogen-bond donors (Lipinski definition) is 2. The van der Waals surface area contributed by atoms with Gasteiger partial charge in [-0.2, -0.15) is 0 Å². The van der Waals surface area contributed by atoms with Crippen molar-refractivity contribution in [1.29, 1.82) is 0 Å². The molecule has 0 aromatic heterocycles. The van der Waals surface area contributed by atoms with Crippen LogP contribution in [-0.2, 0) is 4.79 Å². The first-order chi connectivity index (χ1) is 9.01. The third-order valence-corrected chi connectivity index (χ3v) is 2.78. The Bertz CT molecular complexity index is 465. The second-order valence-electron chi connectivity index (χ2n) is 5.03. The SMILES string of the molecule is CC(C)(CC(O)c1ccc(OC(F)(F)F)cc1)C(=O)O. The fraction of sp³-hybridized carbons (Fsp3) is 0.462. The highest BCUT2D eigenvalue weighted by Crippen LogP contribution is 2.31. The van der Waals surface area contributed by atoms with Gasteiger partial charge in [-0.25, -0.2) is 0 Å². The molecule has 0 radical (unpaired) electrons. The van der Waals surface area contributed by atoms with Gasteiger partial charge >= 0.3 is 12.3 Å². The van der Waals surface area contributed by atoms with E-state index in [4.69, 9.17) is 5.11 Å². The molecule has 0 aliphatic rings. The lowest BCUT2D eigenvalue weighted by atomic mass is 9.85. The number of carboxylic acid groups (broad SMARTS) is 1. The number of ether oxygens (including phenoxy) is 1. The number of aliphatic hydroxyl groups excluding tert-OH is 1. The molecule has 1 aromatic rings. The van der Waals surface area contributed by atoms with Gasteiger partial charge in [-0.15, -0.1) is 13.2 Å². The first kappa shape index (κ1) is 16.3. The van der Waals surface area contributed by atoms with Crippen LogP contribution in [0.3, 0.4) is 0 Å². The summed E-state index contributed by atoms with van der Waals surface area (Å²) in [6.45, 7) is 2.92. The smallest absolute Gasteiger partial charge is 0.481 e. The van der Waals surface area contributed by atoms with Crippen molar-refractivity contribution in [2.45, 2.75) is 32.7 Å². The molecular weight excluding hydrogens is 277 g/mol. The summed E-state index contributed by atoms with van der Waals surface area (Å²) in [5, 5.41) is 18.9. The summed E-state index contributed by atoms with van der Waals surface area (Å²) in [7, 11) is 0. The summed E-state index contributed by atoms with van der Waals surface area (Å²) >= 11 is 0. The fourth-order valence-electron chi connectivity index (χ4n) is 1.58. The molecule has 0 fully saturated rings. The second kappa shape index (κ2) is 5.70. The highest BCUT2D eigenvalue weighted by molar-refractivity contribution is 5.73. The summed E-state index contributed by atoms with van der Waals surface area (Å²) in [6.07, 6.45) is -5.91. The third kappa shape index (κ3) is 4.73. The van der Waals surface area contributed by atoms with Crippen molar-refractivity contribution in [2.24, 2.45) is 5.41 Å². The maximum atomic E-state index is 12.0. The van der Waals surface area contributed by atoms with Crippen molar-refractivity contribution in [1.82, 2.24) is 0 Å². The molecule has 112 valence electrons. The number of aliphatic hydroxyl groups is 1. The van der Waals surface area contributed by atoms with Crippen molar-refractivity contribution in [3.05, 3.63) is 29.8 Å². The lowest BCUT2D eigenvalue weighted by Crippen LogP contribution is -2.26. The lowest BCUT2D eigenvalue weighted by molar-refractivity contribution is -0.274. The minimum absolute atomic E-state index is 0.0538. The molecule has 0 aliphatic heterocycles. The lowest BCUT2D eigenvalue weighted by Gasteiger charge is -2.23. The maximum absolute atomic E-state index is 12.0. The van der Waals surface area contributed by atoms with E-state index in [0.717, 1.165) is 12.1 Å². The van der Waals surface area contributed by atoms with Crippen molar-refractivity contribution < 1.29 is 32.9 Å². The van der Waals surface area contributed by atoms with Crippen LogP contribution in [0.5, 0.6) is 5.75 Å². The molecular formula is C13H15F3O4. The van der Waals surface area contributed by atoms with Crippen LogP contribution in [0, 0.1) is 5.41 Å². The largest absolute Gasteiger partial charge is 0.573 e. The predicted octanol–water partition coefficient (Wildman–Crippen LogP) is 3.12. The number of hydrogen-bond acceptors (Lipinski definition) is 3. The van der Waals surface area contributed by atoms with Gasteiger partial charge in [0.1, 0.15) is 5.75 Å². The summed E-state index contributed by atoms with van der Waals surface area (Å²) < 4.78 is 39.6. The molecule has 2 N–H and O–H groups in total. The molecule has 0 saturated carbocycles. The quantitative estimate of drug-likeness (QED) is 0.875. The Kier molecular flexibility index (Phi) is 4.65. The molecule has 4 nitrogen and oxygen atoms in total. The number of aliphatic carboxylic acids is 1. The van der Waals surface area contributed by atoms with Crippen LogP contribution in [0.15, 0.2) is 24.3 Å². The Morgan fingerprint density at radius 2 is 1.75 bits per heavy atom. The van der Waals surface area contributed by atoms with E-state index >= 15 is 0 Å². The maximum Gasteiger partial charge on any atom is 0.573 e.